The number of carbonyl (C=O) groups excluding carboxylic acids is 3. The second kappa shape index (κ2) is 10.8. The van der Waals surface area contributed by atoms with Crippen molar-refractivity contribution in [2.24, 2.45) is 29.6 Å². The number of phenolic OH excluding ortho intramolecular Hbond substituents is 1. The Bertz CT molecular complexity index is 1910. The van der Waals surface area contributed by atoms with Gasteiger partial charge in [0.1, 0.15) is 11.5 Å². The number of halogens is 1. The monoisotopic (exact) mass is 659 g/mol. The van der Waals surface area contributed by atoms with Gasteiger partial charge < -0.3 is 20.1 Å². The van der Waals surface area contributed by atoms with Crippen LogP contribution in [-0.4, -0.2) is 39.7 Å². The molecule has 2 saturated carbocycles. The predicted octanol–water partition coefficient (Wildman–Crippen LogP) is 5.49. The Labute approximate surface area is 270 Å². The number of aromatic nitrogens is 1. The van der Waals surface area contributed by atoms with Crippen molar-refractivity contribution in [1.82, 2.24) is 4.98 Å². The second-order valence-electron chi connectivity index (χ2n) is 11.9. The third-order valence-corrected chi connectivity index (χ3v) is 12.4. The molecule has 3 N–H and O–H groups in total. The number of H-pyrrole nitrogens is 1. The van der Waals surface area contributed by atoms with E-state index < -0.39 is 5.92 Å². The first-order valence-electron chi connectivity index (χ1n) is 14.6. The number of aromatic amines is 1. The van der Waals surface area contributed by atoms with Crippen molar-refractivity contribution in [3.05, 3.63) is 97.9 Å². The molecule has 4 aliphatic rings. The summed E-state index contributed by atoms with van der Waals surface area (Å²) in [6.07, 6.45) is 0.785. The molecule has 1 aromatic heterocycles. The zero-order valence-corrected chi connectivity index (χ0v) is 25.9. The van der Waals surface area contributed by atoms with Gasteiger partial charge in [-0.25, -0.2) is 0 Å². The lowest BCUT2D eigenvalue weighted by atomic mass is 9.68. The van der Waals surface area contributed by atoms with Crippen LogP contribution in [0.25, 0.3) is 0 Å². The van der Waals surface area contributed by atoms with Crippen LogP contribution in [0, 0.1) is 29.6 Å². The summed E-state index contributed by atoms with van der Waals surface area (Å²) in [7, 11) is 0. The van der Waals surface area contributed by atoms with Gasteiger partial charge in [-0.3, -0.25) is 24.1 Å². The summed E-state index contributed by atoms with van der Waals surface area (Å²) in [5.41, 5.74) is 2.02. The maximum atomic E-state index is 13.9. The van der Waals surface area contributed by atoms with E-state index in [1.54, 1.807) is 54.2 Å². The Balaban J connectivity index is 1.08. The average Bonchev–Trinajstić information content (AvgIpc) is 3.77. The standard InChI is InChI=1S/C33H26ClN3O6S2/c34-16-4-8-18(9-5-16)37-31(40)26-21-13-22(27(26)32(37)41)28-25(21)24(29-30(44-28)36-33(42)45-29)15-2-1-3-20(12-15)43-14-23(39)35-17-6-10-19(38)11-7-17/h1-12,21-22,24-28,38H,13-14H2,(H,35,39)(H,36,42)/t21-,22-,24+,25-,26+,27+,28-/m1/s1. The van der Waals surface area contributed by atoms with Gasteiger partial charge in [-0.1, -0.05) is 35.1 Å². The number of ether oxygens (including phenoxy) is 1. The number of hydrogen-bond acceptors (Lipinski definition) is 8. The van der Waals surface area contributed by atoms with Crippen molar-refractivity contribution in [3.8, 4) is 11.5 Å². The summed E-state index contributed by atoms with van der Waals surface area (Å²) in [6, 6.07) is 20.5. The molecule has 1 saturated heterocycles. The average molecular weight is 660 g/mol. The Kier molecular flexibility index (Phi) is 6.81. The summed E-state index contributed by atoms with van der Waals surface area (Å²) in [6.45, 7) is -0.217. The number of thioether (sulfide) groups is 1. The highest BCUT2D eigenvalue weighted by Gasteiger charge is 2.69. The van der Waals surface area contributed by atoms with Crippen LogP contribution in [0.3, 0.4) is 0 Å². The van der Waals surface area contributed by atoms with Crippen LogP contribution in [0.5, 0.6) is 11.5 Å². The van der Waals surface area contributed by atoms with Crippen molar-refractivity contribution in [3.63, 3.8) is 0 Å². The number of hydrogen-bond donors (Lipinski definition) is 3. The second-order valence-corrected chi connectivity index (χ2v) is 14.5. The first-order chi connectivity index (χ1) is 21.8. The van der Waals surface area contributed by atoms with Crippen LogP contribution >= 0.6 is 34.7 Å². The first-order valence-corrected chi connectivity index (χ1v) is 16.7. The van der Waals surface area contributed by atoms with E-state index in [0.717, 1.165) is 21.9 Å². The van der Waals surface area contributed by atoms with Gasteiger partial charge in [0.15, 0.2) is 6.61 Å². The maximum absolute atomic E-state index is 13.9. The van der Waals surface area contributed by atoms with Crippen LogP contribution in [0.1, 0.15) is 22.8 Å². The van der Waals surface area contributed by atoms with E-state index >= 15 is 0 Å². The van der Waals surface area contributed by atoms with Crippen molar-refractivity contribution in [1.29, 1.82) is 0 Å². The predicted molar refractivity (Wildman–Crippen MR) is 171 cm³/mol. The van der Waals surface area contributed by atoms with Gasteiger partial charge in [0.25, 0.3) is 5.91 Å². The molecule has 3 fully saturated rings. The molecule has 3 aromatic carbocycles. The summed E-state index contributed by atoms with van der Waals surface area (Å²) >= 11 is 8.91. The molecule has 0 spiro atoms. The van der Waals surface area contributed by atoms with E-state index in [4.69, 9.17) is 16.3 Å². The van der Waals surface area contributed by atoms with Crippen LogP contribution in [-0.2, 0) is 14.4 Å². The molecule has 4 aromatic rings. The Morgan fingerprint density at radius 3 is 2.49 bits per heavy atom. The van der Waals surface area contributed by atoms with Crippen LogP contribution in [0.15, 0.2) is 82.6 Å². The van der Waals surface area contributed by atoms with Crippen LogP contribution < -0.4 is 19.8 Å². The van der Waals surface area contributed by atoms with E-state index in [1.165, 1.54) is 28.4 Å². The highest BCUT2D eigenvalue weighted by atomic mass is 35.5. The van der Waals surface area contributed by atoms with Gasteiger partial charge in [0.2, 0.25) is 11.8 Å². The maximum Gasteiger partial charge on any atom is 0.305 e. The molecule has 12 heteroatoms. The Hall–Kier alpha value is -4.06. The largest absolute Gasteiger partial charge is 0.508 e. The van der Waals surface area contributed by atoms with Gasteiger partial charge in [0, 0.05) is 26.8 Å². The normalized spacial score (nSPS) is 27.7. The fraction of sp³-hybridized carbons (Fsp3) is 0.273. The minimum atomic E-state index is -0.414. The van der Waals surface area contributed by atoms with Gasteiger partial charge in [-0.05, 0) is 90.4 Å². The van der Waals surface area contributed by atoms with Gasteiger partial charge >= 0.3 is 4.87 Å². The molecule has 2 aliphatic carbocycles. The first kappa shape index (κ1) is 28.4. The number of carbonyl (C=O) groups is 3. The molecule has 7 atom stereocenters. The fourth-order valence-corrected chi connectivity index (χ4v) is 10.9. The highest BCUT2D eigenvalue weighted by Crippen LogP contribution is 2.68. The zero-order chi connectivity index (χ0) is 31.0. The third-order valence-electron chi connectivity index (χ3n) is 9.55. The van der Waals surface area contributed by atoms with E-state index in [0.29, 0.717) is 22.1 Å². The fourth-order valence-electron chi connectivity index (χ4n) is 7.92. The number of rotatable bonds is 6. The molecule has 8 rings (SSSR count). The van der Waals surface area contributed by atoms with Gasteiger partial charge in [0.05, 0.1) is 22.5 Å². The Morgan fingerprint density at radius 2 is 1.73 bits per heavy atom. The summed E-state index contributed by atoms with van der Waals surface area (Å²) in [5.74, 6) is -1.00. The molecule has 45 heavy (non-hydrogen) atoms. The number of aromatic hydroxyl groups is 1. The van der Waals surface area contributed by atoms with Gasteiger partial charge in [-0.2, -0.15) is 0 Å². The number of amides is 3. The van der Waals surface area contributed by atoms with E-state index in [9.17, 15) is 24.3 Å². The number of nitrogens with zero attached hydrogens (tertiary/aromatic N) is 1. The minimum Gasteiger partial charge on any atom is -0.508 e. The van der Waals surface area contributed by atoms with E-state index in [2.05, 4.69) is 10.3 Å². The molecule has 3 heterocycles. The van der Waals surface area contributed by atoms with E-state index in [1.807, 2.05) is 18.2 Å². The lowest BCUT2D eigenvalue weighted by Crippen LogP contribution is -2.42. The van der Waals surface area contributed by atoms with Crippen LogP contribution in [0.4, 0.5) is 11.4 Å². The summed E-state index contributed by atoms with van der Waals surface area (Å²) in [4.78, 5) is 58.1. The molecule has 9 nitrogen and oxygen atoms in total. The molecule has 0 unspecified atom stereocenters. The SMILES string of the molecule is O=C(COc1cccc([C@@H]2c3sc(=O)[nH]c3S[C@@H]3[C@@H]4C[C@@H]([C@@H]5C(=O)N(c6ccc(Cl)cc6)C(=O)[C@@H]45)[C@H]23)c1)Nc1ccc(O)cc1. The number of anilines is 2. The third kappa shape index (κ3) is 4.67. The Morgan fingerprint density at radius 1 is 1.00 bits per heavy atom. The molecule has 2 bridgehead atoms. The smallest absolute Gasteiger partial charge is 0.305 e. The number of phenols is 1. The molecular formula is C33H26ClN3O6S2. The minimum absolute atomic E-state index is 0.00540. The van der Waals surface area contributed by atoms with E-state index in [-0.39, 0.29) is 69.8 Å². The van der Waals surface area contributed by atoms with Crippen molar-refractivity contribution in [2.75, 3.05) is 16.8 Å². The molecular weight excluding hydrogens is 634 g/mol. The summed E-state index contributed by atoms with van der Waals surface area (Å²) < 4.78 is 5.89. The molecule has 2 aliphatic heterocycles. The lowest BCUT2D eigenvalue weighted by Gasteiger charge is -2.43. The number of nitrogens with one attached hydrogen (secondary N) is 2. The molecule has 3 amide bonds. The summed E-state index contributed by atoms with van der Waals surface area (Å²) in [5, 5.41) is 13.6. The number of thiazole rings is 1. The lowest BCUT2D eigenvalue weighted by molar-refractivity contribution is -0.123. The number of imide groups is 1. The van der Waals surface area contributed by atoms with Crippen molar-refractivity contribution >= 4 is 63.8 Å². The topological polar surface area (TPSA) is 129 Å². The quantitative estimate of drug-likeness (QED) is 0.184. The number of fused-ring (bicyclic) bond motifs is 9. The molecule has 228 valence electrons. The van der Waals surface area contributed by atoms with Crippen molar-refractivity contribution in [2.45, 2.75) is 22.6 Å². The van der Waals surface area contributed by atoms with Crippen LogP contribution in [0.2, 0.25) is 5.02 Å². The van der Waals surface area contributed by atoms with Gasteiger partial charge in [-0.15, -0.1) is 11.8 Å². The van der Waals surface area contributed by atoms with Crippen molar-refractivity contribution < 1.29 is 24.2 Å². The highest BCUT2D eigenvalue weighted by molar-refractivity contribution is 8.00. The molecule has 0 radical (unpaired) electrons. The number of benzene rings is 3. The zero-order valence-electron chi connectivity index (χ0n) is 23.5.